The summed E-state index contributed by atoms with van der Waals surface area (Å²) < 4.78 is 3.72. The van der Waals surface area contributed by atoms with E-state index in [9.17, 15) is 0 Å². The Balaban J connectivity index is 1.53. The highest BCUT2D eigenvalue weighted by Gasteiger charge is 2.18. The summed E-state index contributed by atoms with van der Waals surface area (Å²) in [7, 11) is 0. The minimum absolute atomic E-state index is 1.08. The molecule has 2 aromatic heterocycles. The SMILES string of the molecule is C=Cc1sc2cc3c(cc2c1/C=C\C)c1ccccc1n3-c1ccc(-c2ccc(C(=C)C)cc2)c2ccccc12. The van der Waals surface area contributed by atoms with Crippen molar-refractivity contribution in [2.24, 2.45) is 0 Å². The third-order valence-corrected chi connectivity index (χ3v) is 9.06. The summed E-state index contributed by atoms with van der Waals surface area (Å²) in [6.45, 7) is 12.3. The molecule has 2 heterocycles. The molecule has 0 unspecified atom stereocenters. The van der Waals surface area contributed by atoms with Crippen LogP contribution in [0.15, 0.2) is 116 Å². The van der Waals surface area contributed by atoms with Crippen molar-refractivity contribution >= 4 is 71.7 Å². The Kier molecular flexibility index (Phi) is 5.80. The molecule has 0 fully saturated rings. The number of nitrogens with zero attached hydrogens (tertiary/aromatic N) is 1. The summed E-state index contributed by atoms with van der Waals surface area (Å²) in [5.41, 5.74) is 9.59. The second kappa shape index (κ2) is 9.51. The Bertz CT molecular complexity index is 2150. The fourth-order valence-electron chi connectivity index (χ4n) is 6.01. The highest BCUT2D eigenvalue weighted by atomic mass is 32.1. The van der Waals surface area contributed by atoms with E-state index in [0.717, 1.165) is 5.57 Å². The Labute approximate surface area is 238 Å². The van der Waals surface area contributed by atoms with Gasteiger partial charge in [-0.1, -0.05) is 110 Å². The third kappa shape index (κ3) is 3.68. The lowest BCUT2D eigenvalue weighted by Crippen LogP contribution is -1.96. The zero-order valence-electron chi connectivity index (χ0n) is 22.7. The monoisotopic (exact) mass is 531 g/mol. The number of allylic oxidation sites excluding steroid dienone is 2. The number of rotatable bonds is 5. The second-order valence-electron chi connectivity index (χ2n) is 10.3. The van der Waals surface area contributed by atoms with Crippen LogP contribution in [0.2, 0.25) is 0 Å². The van der Waals surface area contributed by atoms with Crippen LogP contribution >= 0.6 is 11.3 Å². The molecule has 0 aliphatic heterocycles. The van der Waals surface area contributed by atoms with Gasteiger partial charge in [0.2, 0.25) is 0 Å². The first kappa shape index (κ1) is 24.4. The van der Waals surface area contributed by atoms with Gasteiger partial charge in [0.15, 0.2) is 0 Å². The molecule has 0 aliphatic carbocycles. The van der Waals surface area contributed by atoms with E-state index >= 15 is 0 Å². The number of para-hydroxylation sites is 1. The van der Waals surface area contributed by atoms with Gasteiger partial charge in [-0.25, -0.2) is 0 Å². The average molecular weight is 532 g/mol. The lowest BCUT2D eigenvalue weighted by molar-refractivity contribution is 1.20. The van der Waals surface area contributed by atoms with Crippen molar-refractivity contribution in [1.29, 1.82) is 0 Å². The Morgan fingerprint density at radius 2 is 1.48 bits per heavy atom. The van der Waals surface area contributed by atoms with E-state index in [4.69, 9.17) is 0 Å². The molecule has 40 heavy (non-hydrogen) atoms. The van der Waals surface area contributed by atoms with Gasteiger partial charge < -0.3 is 4.57 Å². The van der Waals surface area contributed by atoms with Crippen LogP contribution in [0.25, 0.3) is 77.2 Å². The smallest absolute Gasteiger partial charge is 0.0555 e. The zero-order chi connectivity index (χ0) is 27.4. The van der Waals surface area contributed by atoms with Crippen molar-refractivity contribution in [3.8, 4) is 16.8 Å². The van der Waals surface area contributed by atoms with E-state index in [2.05, 4.69) is 134 Å². The van der Waals surface area contributed by atoms with Crippen molar-refractivity contribution in [2.45, 2.75) is 13.8 Å². The van der Waals surface area contributed by atoms with Crippen LogP contribution < -0.4 is 0 Å². The number of fused-ring (bicyclic) bond motifs is 5. The van der Waals surface area contributed by atoms with Crippen molar-refractivity contribution in [1.82, 2.24) is 4.57 Å². The molecule has 0 bridgehead atoms. The maximum atomic E-state index is 4.10. The van der Waals surface area contributed by atoms with Crippen LogP contribution in [-0.2, 0) is 0 Å². The summed E-state index contributed by atoms with van der Waals surface area (Å²) >= 11 is 1.81. The molecule has 0 saturated heterocycles. The van der Waals surface area contributed by atoms with E-state index < -0.39 is 0 Å². The molecule has 0 radical (unpaired) electrons. The van der Waals surface area contributed by atoms with E-state index in [1.54, 1.807) is 0 Å². The maximum absolute atomic E-state index is 4.10. The van der Waals surface area contributed by atoms with Gasteiger partial charge in [0.05, 0.1) is 16.7 Å². The van der Waals surface area contributed by atoms with Gasteiger partial charge in [-0.05, 0) is 65.8 Å². The molecule has 0 atom stereocenters. The van der Waals surface area contributed by atoms with Gasteiger partial charge in [-0.15, -0.1) is 11.3 Å². The van der Waals surface area contributed by atoms with E-state index in [0.29, 0.717) is 0 Å². The van der Waals surface area contributed by atoms with Gasteiger partial charge in [-0.3, -0.25) is 0 Å². The third-order valence-electron chi connectivity index (χ3n) is 7.90. The first-order chi connectivity index (χ1) is 19.6. The number of aromatic nitrogens is 1. The van der Waals surface area contributed by atoms with Crippen molar-refractivity contribution in [3.05, 3.63) is 132 Å². The summed E-state index contributed by atoms with van der Waals surface area (Å²) in [5, 5.41) is 6.30. The fourth-order valence-corrected chi connectivity index (χ4v) is 7.07. The van der Waals surface area contributed by atoms with Gasteiger partial charge in [0.1, 0.15) is 0 Å². The molecule has 0 N–H and O–H groups in total. The van der Waals surface area contributed by atoms with Gasteiger partial charge in [0.25, 0.3) is 0 Å². The average Bonchev–Trinajstić information content (AvgIpc) is 3.50. The van der Waals surface area contributed by atoms with Crippen molar-refractivity contribution < 1.29 is 0 Å². The molecule has 2 heteroatoms. The van der Waals surface area contributed by atoms with Crippen molar-refractivity contribution in [3.63, 3.8) is 0 Å². The van der Waals surface area contributed by atoms with Gasteiger partial charge in [0, 0.05) is 31.1 Å². The minimum Gasteiger partial charge on any atom is -0.309 e. The maximum Gasteiger partial charge on any atom is 0.0555 e. The molecule has 0 amide bonds. The molecule has 7 rings (SSSR count). The number of hydrogen-bond donors (Lipinski definition) is 0. The topological polar surface area (TPSA) is 4.93 Å². The molecule has 192 valence electrons. The number of hydrogen-bond acceptors (Lipinski definition) is 1. The predicted octanol–water partition coefficient (Wildman–Crippen LogP) is 11.5. The first-order valence-electron chi connectivity index (χ1n) is 13.6. The first-order valence-corrected chi connectivity index (χ1v) is 14.4. The largest absolute Gasteiger partial charge is 0.309 e. The van der Waals surface area contributed by atoms with Gasteiger partial charge in [-0.2, -0.15) is 0 Å². The summed E-state index contributed by atoms with van der Waals surface area (Å²) in [6.07, 6.45) is 6.30. The number of thiophene rings is 1. The van der Waals surface area contributed by atoms with Crippen molar-refractivity contribution in [2.75, 3.05) is 0 Å². The lowest BCUT2D eigenvalue weighted by Gasteiger charge is -2.15. The van der Waals surface area contributed by atoms with Crippen LogP contribution in [0, 0.1) is 0 Å². The van der Waals surface area contributed by atoms with Crippen LogP contribution in [0.1, 0.15) is 29.9 Å². The standard InChI is InChI=1S/C38H29NS/c1-5-11-31-33-22-32-30-14-9-10-15-34(30)39(36(32)23-38(33)40-37(31)6-2)35-21-20-27(28-12-7-8-13-29(28)35)26-18-16-25(17-19-26)24(3)4/h5-23H,2-3H2,1,4H3/b11-5-. The van der Waals surface area contributed by atoms with E-state index in [1.807, 2.05) is 24.3 Å². The molecule has 7 aromatic rings. The molecular formula is C38H29NS. The van der Waals surface area contributed by atoms with Crippen LogP contribution in [0.3, 0.4) is 0 Å². The fraction of sp³-hybridized carbons (Fsp3) is 0.0526. The summed E-state index contributed by atoms with van der Waals surface area (Å²) in [6, 6.07) is 35.6. The second-order valence-corrected chi connectivity index (χ2v) is 11.4. The quantitative estimate of drug-likeness (QED) is 0.208. The normalized spacial score (nSPS) is 11.8. The van der Waals surface area contributed by atoms with E-state index in [-0.39, 0.29) is 0 Å². The molecular weight excluding hydrogens is 502 g/mol. The highest BCUT2D eigenvalue weighted by Crippen LogP contribution is 2.42. The van der Waals surface area contributed by atoms with Crippen LogP contribution in [0.5, 0.6) is 0 Å². The highest BCUT2D eigenvalue weighted by molar-refractivity contribution is 7.20. The van der Waals surface area contributed by atoms with E-state index in [1.165, 1.54) is 75.5 Å². The van der Waals surface area contributed by atoms with Gasteiger partial charge >= 0.3 is 0 Å². The molecule has 1 nitrogen and oxygen atoms in total. The van der Waals surface area contributed by atoms with Crippen LogP contribution in [0.4, 0.5) is 0 Å². The Hall–Kier alpha value is -4.66. The lowest BCUT2D eigenvalue weighted by atomic mass is 9.95. The predicted molar refractivity (Wildman–Crippen MR) is 179 cm³/mol. The van der Waals surface area contributed by atoms with Crippen LogP contribution in [-0.4, -0.2) is 4.57 Å². The summed E-state index contributed by atoms with van der Waals surface area (Å²) in [5.74, 6) is 0. The molecule has 0 aliphatic rings. The zero-order valence-corrected chi connectivity index (χ0v) is 23.6. The Morgan fingerprint density at radius 3 is 2.20 bits per heavy atom. The number of benzene rings is 5. The minimum atomic E-state index is 1.08. The Morgan fingerprint density at radius 1 is 0.750 bits per heavy atom. The molecule has 0 saturated carbocycles. The molecule has 5 aromatic carbocycles. The summed E-state index contributed by atoms with van der Waals surface area (Å²) in [4.78, 5) is 1.21. The molecule has 0 spiro atoms.